The third-order valence-corrected chi connectivity index (χ3v) is 6.24. The summed E-state index contributed by atoms with van der Waals surface area (Å²) < 4.78 is 0. The first-order valence-corrected chi connectivity index (χ1v) is 9.41. The van der Waals surface area contributed by atoms with Crippen LogP contribution in [0.1, 0.15) is 64.2 Å². The number of piperidine rings is 1. The summed E-state index contributed by atoms with van der Waals surface area (Å²) in [6.07, 6.45) is 10.1. The van der Waals surface area contributed by atoms with Crippen molar-refractivity contribution in [2.45, 2.75) is 70.3 Å². The van der Waals surface area contributed by atoms with Gasteiger partial charge in [-0.1, -0.05) is 19.3 Å². The Morgan fingerprint density at radius 1 is 1.09 bits per heavy atom. The van der Waals surface area contributed by atoms with Gasteiger partial charge in [-0.3, -0.25) is 9.59 Å². The van der Waals surface area contributed by atoms with Crippen LogP contribution in [0.5, 0.6) is 0 Å². The Labute approximate surface area is 139 Å². The van der Waals surface area contributed by atoms with Gasteiger partial charge >= 0.3 is 0 Å². The van der Waals surface area contributed by atoms with Gasteiger partial charge in [-0.15, -0.1) is 0 Å². The maximum atomic E-state index is 12.7. The highest BCUT2D eigenvalue weighted by Crippen LogP contribution is 2.39. The van der Waals surface area contributed by atoms with Crippen molar-refractivity contribution in [3.8, 4) is 0 Å². The number of amides is 2. The highest BCUT2D eigenvalue weighted by molar-refractivity contribution is 5.79. The fourth-order valence-electron chi connectivity index (χ4n) is 4.67. The summed E-state index contributed by atoms with van der Waals surface area (Å²) in [6, 6.07) is 0.354. The van der Waals surface area contributed by atoms with Crippen LogP contribution in [0.15, 0.2) is 0 Å². The van der Waals surface area contributed by atoms with Gasteiger partial charge < -0.3 is 15.5 Å². The maximum Gasteiger partial charge on any atom is 0.223 e. The largest absolute Gasteiger partial charge is 0.343 e. The van der Waals surface area contributed by atoms with Gasteiger partial charge in [0.05, 0.1) is 0 Å². The van der Waals surface area contributed by atoms with Crippen LogP contribution in [0.2, 0.25) is 0 Å². The van der Waals surface area contributed by atoms with Gasteiger partial charge in [-0.05, 0) is 44.1 Å². The Morgan fingerprint density at radius 2 is 1.78 bits per heavy atom. The molecular formula is C18H31N3O2. The molecule has 3 rings (SSSR count). The summed E-state index contributed by atoms with van der Waals surface area (Å²) >= 11 is 0. The summed E-state index contributed by atoms with van der Waals surface area (Å²) in [5.74, 6) is 0.586. The number of carbonyl (C=O) groups excluding carboxylic acids is 2. The van der Waals surface area contributed by atoms with E-state index in [9.17, 15) is 9.59 Å². The fraction of sp³-hybridized carbons (Fsp3) is 0.889. The highest BCUT2D eigenvalue weighted by Gasteiger charge is 2.36. The average molecular weight is 321 g/mol. The quantitative estimate of drug-likeness (QED) is 0.860. The standard InChI is InChI=1S/C18H31N3O2/c19-14-18(8-2-1-3-9-18)13-17(23)20-11-6-15(7-12-20)21-10-4-5-16(21)22/h15H,1-14,19H2. The van der Waals surface area contributed by atoms with Crippen molar-refractivity contribution in [2.75, 3.05) is 26.2 Å². The number of hydrogen-bond acceptors (Lipinski definition) is 3. The molecule has 3 fully saturated rings. The second-order valence-electron chi connectivity index (χ2n) is 7.74. The van der Waals surface area contributed by atoms with E-state index in [1.807, 2.05) is 9.80 Å². The molecule has 2 N–H and O–H groups in total. The Kier molecular flexibility index (Phi) is 5.24. The Morgan fingerprint density at radius 3 is 2.35 bits per heavy atom. The molecule has 3 aliphatic rings. The van der Waals surface area contributed by atoms with Crippen molar-refractivity contribution in [3.05, 3.63) is 0 Å². The minimum absolute atomic E-state index is 0.0527. The van der Waals surface area contributed by atoms with Gasteiger partial charge in [0.25, 0.3) is 0 Å². The van der Waals surface area contributed by atoms with E-state index in [1.54, 1.807) is 0 Å². The first-order chi connectivity index (χ1) is 11.1. The molecule has 2 saturated heterocycles. The van der Waals surface area contributed by atoms with Crippen molar-refractivity contribution in [1.82, 2.24) is 9.80 Å². The van der Waals surface area contributed by atoms with Gasteiger partial charge in [0.15, 0.2) is 0 Å². The molecule has 1 saturated carbocycles. The van der Waals surface area contributed by atoms with Crippen LogP contribution >= 0.6 is 0 Å². The lowest BCUT2D eigenvalue weighted by Crippen LogP contribution is -2.48. The Balaban J connectivity index is 1.50. The van der Waals surface area contributed by atoms with Crippen LogP contribution in [0.25, 0.3) is 0 Å². The third-order valence-electron chi connectivity index (χ3n) is 6.24. The maximum absolute atomic E-state index is 12.7. The van der Waals surface area contributed by atoms with Crippen LogP contribution in [0.4, 0.5) is 0 Å². The van der Waals surface area contributed by atoms with Crippen LogP contribution in [0.3, 0.4) is 0 Å². The minimum Gasteiger partial charge on any atom is -0.343 e. The molecule has 0 unspecified atom stereocenters. The fourth-order valence-corrected chi connectivity index (χ4v) is 4.67. The van der Waals surface area contributed by atoms with Gasteiger partial charge in [0.1, 0.15) is 0 Å². The normalized spacial score (nSPS) is 25.9. The Bertz CT molecular complexity index is 438. The first kappa shape index (κ1) is 16.7. The molecular weight excluding hydrogens is 290 g/mol. The van der Waals surface area contributed by atoms with E-state index in [0.29, 0.717) is 31.3 Å². The van der Waals surface area contributed by atoms with E-state index in [2.05, 4.69) is 0 Å². The van der Waals surface area contributed by atoms with E-state index in [-0.39, 0.29) is 11.3 Å². The first-order valence-electron chi connectivity index (χ1n) is 9.41. The van der Waals surface area contributed by atoms with E-state index in [4.69, 9.17) is 5.73 Å². The second kappa shape index (κ2) is 7.20. The van der Waals surface area contributed by atoms with E-state index in [0.717, 1.165) is 51.7 Å². The molecule has 0 aromatic carbocycles. The number of hydrogen-bond donors (Lipinski definition) is 1. The molecule has 0 aromatic rings. The van der Waals surface area contributed by atoms with E-state index in [1.165, 1.54) is 19.3 Å². The van der Waals surface area contributed by atoms with Gasteiger partial charge in [0.2, 0.25) is 11.8 Å². The number of carbonyl (C=O) groups is 2. The molecule has 130 valence electrons. The molecule has 23 heavy (non-hydrogen) atoms. The molecule has 5 heteroatoms. The molecule has 0 spiro atoms. The zero-order valence-electron chi connectivity index (χ0n) is 14.3. The Hall–Kier alpha value is -1.10. The second-order valence-corrected chi connectivity index (χ2v) is 7.74. The predicted molar refractivity (Wildman–Crippen MR) is 89.7 cm³/mol. The lowest BCUT2D eigenvalue weighted by Gasteiger charge is -2.40. The average Bonchev–Trinajstić information content (AvgIpc) is 3.02. The number of nitrogens with two attached hydrogens (primary N) is 1. The number of rotatable bonds is 4. The molecule has 0 aromatic heterocycles. The lowest BCUT2D eigenvalue weighted by atomic mass is 9.71. The molecule has 0 bridgehead atoms. The summed E-state index contributed by atoms with van der Waals surface area (Å²) in [5, 5.41) is 0. The summed E-state index contributed by atoms with van der Waals surface area (Å²) in [7, 11) is 0. The third kappa shape index (κ3) is 3.70. The van der Waals surface area contributed by atoms with Crippen molar-refractivity contribution < 1.29 is 9.59 Å². The minimum atomic E-state index is 0.0527. The lowest BCUT2D eigenvalue weighted by molar-refractivity contribution is -0.136. The summed E-state index contributed by atoms with van der Waals surface area (Å²) in [6.45, 7) is 3.15. The SMILES string of the molecule is NCC1(CC(=O)N2CCC(N3CCCC3=O)CC2)CCCCC1. The van der Waals surface area contributed by atoms with Crippen molar-refractivity contribution >= 4 is 11.8 Å². The highest BCUT2D eigenvalue weighted by atomic mass is 16.2. The molecule has 5 nitrogen and oxygen atoms in total. The summed E-state index contributed by atoms with van der Waals surface area (Å²) in [4.78, 5) is 28.6. The smallest absolute Gasteiger partial charge is 0.223 e. The van der Waals surface area contributed by atoms with E-state index >= 15 is 0 Å². The van der Waals surface area contributed by atoms with Crippen LogP contribution < -0.4 is 5.73 Å². The molecule has 0 radical (unpaired) electrons. The van der Waals surface area contributed by atoms with E-state index < -0.39 is 0 Å². The molecule has 2 amide bonds. The van der Waals surface area contributed by atoms with Crippen molar-refractivity contribution in [2.24, 2.45) is 11.1 Å². The monoisotopic (exact) mass is 321 g/mol. The van der Waals surface area contributed by atoms with Crippen LogP contribution in [-0.2, 0) is 9.59 Å². The van der Waals surface area contributed by atoms with Crippen LogP contribution in [0, 0.1) is 5.41 Å². The van der Waals surface area contributed by atoms with Crippen LogP contribution in [-0.4, -0.2) is 53.8 Å². The number of likely N-dealkylation sites (tertiary alicyclic amines) is 2. The molecule has 0 atom stereocenters. The molecule has 1 aliphatic carbocycles. The van der Waals surface area contributed by atoms with Gasteiger partial charge in [-0.25, -0.2) is 0 Å². The zero-order chi connectivity index (χ0) is 16.3. The predicted octanol–water partition coefficient (Wildman–Crippen LogP) is 1.90. The van der Waals surface area contributed by atoms with Crippen molar-refractivity contribution in [1.29, 1.82) is 0 Å². The van der Waals surface area contributed by atoms with Crippen molar-refractivity contribution in [3.63, 3.8) is 0 Å². The zero-order valence-corrected chi connectivity index (χ0v) is 14.3. The molecule has 2 heterocycles. The summed E-state index contributed by atoms with van der Waals surface area (Å²) in [5.41, 5.74) is 6.07. The number of nitrogens with zero attached hydrogens (tertiary/aromatic N) is 2. The van der Waals surface area contributed by atoms with Gasteiger partial charge in [-0.2, -0.15) is 0 Å². The topological polar surface area (TPSA) is 66.6 Å². The van der Waals surface area contributed by atoms with Gasteiger partial charge in [0, 0.05) is 38.5 Å². The molecule has 2 aliphatic heterocycles.